The van der Waals surface area contributed by atoms with Crippen molar-refractivity contribution in [2.75, 3.05) is 0 Å². The van der Waals surface area contributed by atoms with Crippen LogP contribution < -0.4 is 0 Å². The molecule has 154 valence electrons. The Morgan fingerprint density at radius 1 is 0.833 bits per heavy atom. The van der Waals surface area contributed by atoms with Gasteiger partial charge in [0.1, 0.15) is 6.23 Å². The second kappa shape index (κ2) is 7.56. The smallest absolute Gasteiger partial charge is 0.346 e. The van der Waals surface area contributed by atoms with Gasteiger partial charge in [-0.1, -0.05) is 84.9 Å². The molecule has 0 aliphatic carbocycles. The van der Waals surface area contributed by atoms with E-state index in [1.54, 1.807) is 0 Å². The number of benzene rings is 3. The Kier molecular flexibility index (Phi) is 4.88. The van der Waals surface area contributed by atoms with Gasteiger partial charge in [-0.2, -0.15) is 13.2 Å². The predicted molar refractivity (Wildman–Crippen MR) is 108 cm³/mol. The molecule has 3 aliphatic rings. The molecule has 3 aliphatic heterocycles. The maximum atomic E-state index is 14.1. The summed E-state index contributed by atoms with van der Waals surface area (Å²) in [5, 5.41) is 0. The van der Waals surface area contributed by atoms with Gasteiger partial charge in [0.25, 0.3) is 0 Å². The quantitative estimate of drug-likeness (QED) is 0.521. The summed E-state index contributed by atoms with van der Waals surface area (Å²) in [7, 11) is 0. The van der Waals surface area contributed by atoms with E-state index in [-0.39, 0.29) is 0 Å². The summed E-state index contributed by atoms with van der Waals surface area (Å²) >= 11 is 0. The second-order valence-electron chi connectivity index (χ2n) is 8.03. The third-order valence-electron chi connectivity index (χ3n) is 6.18. The van der Waals surface area contributed by atoms with E-state index in [1.165, 1.54) is 0 Å². The average molecular weight is 409 g/mol. The fraction of sp³-hybridized carbons (Fsp3) is 0.280. The molecule has 30 heavy (non-hydrogen) atoms. The fourth-order valence-electron chi connectivity index (χ4n) is 4.95. The molecule has 0 unspecified atom stereocenters. The first-order valence-corrected chi connectivity index (χ1v) is 10.2. The number of alkyl halides is 3. The van der Waals surface area contributed by atoms with Crippen LogP contribution >= 0.6 is 0 Å². The SMILES string of the molecule is FC(F)(F)[C@@H]1O[C@H]2c3ccccc3C[C@@H]1[C@H](c1ccccc1)N2Cc1ccccc1. The lowest BCUT2D eigenvalue weighted by molar-refractivity contribution is -0.302. The minimum absolute atomic E-state index is 0.335. The van der Waals surface area contributed by atoms with Crippen molar-refractivity contribution in [2.24, 2.45) is 5.92 Å². The van der Waals surface area contributed by atoms with Gasteiger partial charge in [0, 0.05) is 18.5 Å². The van der Waals surface area contributed by atoms with Crippen LogP contribution in [0.25, 0.3) is 0 Å². The monoisotopic (exact) mass is 409 g/mol. The molecule has 1 fully saturated rings. The van der Waals surface area contributed by atoms with Crippen LogP contribution in [0.1, 0.15) is 34.5 Å². The van der Waals surface area contributed by atoms with Crippen LogP contribution in [0.4, 0.5) is 13.2 Å². The Labute approximate surface area is 173 Å². The Balaban J connectivity index is 1.67. The molecule has 0 amide bonds. The first-order valence-electron chi connectivity index (χ1n) is 10.2. The molecule has 3 heterocycles. The van der Waals surface area contributed by atoms with Crippen molar-refractivity contribution in [2.45, 2.75) is 37.5 Å². The van der Waals surface area contributed by atoms with Gasteiger partial charge < -0.3 is 4.74 Å². The number of rotatable bonds is 3. The van der Waals surface area contributed by atoms with Crippen LogP contribution in [-0.4, -0.2) is 17.2 Å². The molecule has 3 aromatic rings. The zero-order chi connectivity index (χ0) is 20.7. The van der Waals surface area contributed by atoms with Crippen LogP contribution in [-0.2, 0) is 17.7 Å². The molecule has 0 spiro atoms. The van der Waals surface area contributed by atoms with E-state index >= 15 is 0 Å². The van der Waals surface area contributed by atoms with Gasteiger partial charge in [0.15, 0.2) is 6.10 Å². The molecule has 1 saturated heterocycles. The highest BCUT2D eigenvalue weighted by Gasteiger charge is 2.57. The van der Waals surface area contributed by atoms with Crippen molar-refractivity contribution in [1.29, 1.82) is 0 Å². The molecule has 4 atom stereocenters. The minimum atomic E-state index is -4.42. The number of ether oxygens (including phenoxy) is 1. The second-order valence-corrected chi connectivity index (χ2v) is 8.03. The molecule has 0 N–H and O–H groups in total. The largest absolute Gasteiger partial charge is 0.415 e. The van der Waals surface area contributed by atoms with Gasteiger partial charge in [-0.05, 0) is 28.7 Å². The van der Waals surface area contributed by atoms with Crippen molar-refractivity contribution in [3.8, 4) is 0 Å². The summed E-state index contributed by atoms with van der Waals surface area (Å²) in [5.41, 5.74) is 3.73. The number of hydrogen-bond donors (Lipinski definition) is 0. The van der Waals surface area contributed by atoms with Crippen molar-refractivity contribution in [1.82, 2.24) is 4.90 Å². The fourth-order valence-corrected chi connectivity index (χ4v) is 4.95. The van der Waals surface area contributed by atoms with Gasteiger partial charge in [-0.25, -0.2) is 0 Å². The van der Waals surface area contributed by atoms with Gasteiger partial charge in [-0.3, -0.25) is 4.90 Å². The number of nitrogens with zero attached hydrogens (tertiary/aromatic N) is 1. The zero-order valence-corrected chi connectivity index (χ0v) is 16.3. The normalized spacial score (nSPS) is 26.2. The van der Waals surface area contributed by atoms with Crippen LogP contribution in [0.3, 0.4) is 0 Å². The van der Waals surface area contributed by atoms with Gasteiger partial charge >= 0.3 is 6.18 Å². The summed E-state index contributed by atoms with van der Waals surface area (Å²) in [4.78, 5) is 2.10. The van der Waals surface area contributed by atoms with Crippen LogP contribution in [0.2, 0.25) is 0 Å². The van der Waals surface area contributed by atoms with Crippen LogP contribution in [0.5, 0.6) is 0 Å². The predicted octanol–water partition coefficient (Wildman–Crippen LogP) is 6.06. The van der Waals surface area contributed by atoms with E-state index in [0.29, 0.717) is 13.0 Å². The van der Waals surface area contributed by atoms with Gasteiger partial charge in [-0.15, -0.1) is 0 Å². The minimum Gasteiger partial charge on any atom is -0.346 e. The zero-order valence-electron chi connectivity index (χ0n) is 16.3. The lowest BCUT2D eigenvalue weighted by Gasteiger charge is -2.48. The van der Waals surface area contributed by atoms with E-state index in [1.807, 2.05) is 84.9 Å². The first-order chi connectivity index (χ1) is 14.5. The Morgan fingerprint density at radius 3 is 2.17 bits per heavy atom. The van der Waals surface area contributed by atoms with Gasteiger partial charge in [0.2, 0.25) is 0 Å². The lowest BCUT2D eigenvalue weighted by Crippen LogP contribution is -2.52. The average Bonchev–Trinajstić information content (AvgIpc) is 2.99. The highest BCUT2D eigenvalue weighted by Crippen LogP contribution is 2.53. The molecule has 2 bridgehead atoms. The van der Waals surface area contributed by atoms with E-state index in [2.05, 4.69) is 4.90 Å². The van der Waals surface area contributed by atoms with Crippen molar-refractivity contribution < 1.29 is 17.9 Å². The number of fused-ring (bicyclic) bond motifs is 2. The molecule has 0 saturated carbocycles. The van der Waals surface area contributed by atoms with Crippen LogP contribution in [0.15, 0.2) is 84.9 Å². The first kappa shape index (κ1) is 19.3. The highest BCUT2D eigenvalue weighted by molar-refractivity contribution is 5.35. The van der Waals surface area contributed by atoms with E-state index in [9.17, 15) is 13.2 Å². The molecule has 0 aromatic heterocycles. The highest BCUT2D eigenvalue weighted by atomic mass is 19.4. The maximum absolute atomic E-state index is 14.1. The van der Waals surface area contributed by atoms with E-state index in [0.717, 1.165) is 22.3 Å². The molecule has 6 rings (SSSR count). The summed E-state index contributed by atoms with van der Waals surface area (Å²) < 4.78 is 48.1. The summed E-state index contributed by atoms with van der Waals surface area (Å²) in [6.07, 6.45) is -6.64. The molecule has 0 radical (unpaired) electrons. The molecule has 3 aromatic carbocycles. The maximum Gasteiger partial charge on any atom is 0.415 e. The van der Waals surface area contributed by atoms with Crippen molar-refractivity contribution in [3.05, 3.63) is 107 Å². The van der Waals surface area contributed by atoms with Crippen molar-refractivity contribution >= 4 is 0 Å². The number of hydrogen-bond acceptors (Lipinski definition) is 2. The lowest BCUT2D eigenvalue weighted by atomic mass is 9.82. The Bertz CT molecular complexity index is 1010. The summed E-state index contributed by atoms with van der Waals surface area (Å²) in [6.45, 7) is 0.514. The standard InChI is InChI=1S/C25H22F3NO/c26-25(27,28)23-21-15-19-13-7-8-14-20(19)24(30-23)29(16-17-9-3-1-4-10-17)22(21)18-11-5-2-6-12-18/h1-14,21-24H,15-16H2/t21-,22+,23-,24+/m1/s1. The Hall–Kier alpha value is -2.63. The summed E-state index contributed by atoms with van der Waals surface area (Å²) in [5.74, 6) is -0.726. The third-order valence-corrected chi connectivity index (χ3v) is 6.18. The molecule has 5 heteroatoms. The third kappa shape index (κ3) is 3.42. The van der Waals surface area contributed by atoms with Gasteiger partial charge in [0.05, 0.1) is 0 Å². The number of halogens is 3. The summed E-state index contributed by atoms with van der Waals surface area (Å²) in [6, 6.07) is 26.6. The van der Waals surface area contributed by atoms with E-state index in [4.69, 9.17) is 4.74 Å². The van der Waals surface area contributed by atoms with E-state index < -0.39 is 30.5 Å². The van der Waals surface area contributed by atoms with Crippen LogP contribution in [0, 0.1) is 5.92 Å². The molecular weight excluding hydrogens is 387 g/mol. The van der Waals surface area contributed by atoms with Crippen molar-refractivity contribution in [3.63, 3.8) is 0 Å². The topological polar surface area (TPSA) is 12.5 Å². The molecule has 2 nitrogen and oxygen atoms in total. The molecular formula is C25H22F3NO. The Morgan fingerprint density at radius 2 is 1.47 bits per heavy atom.